The molecule has 53 heavy (non-hydrogen) atoms. The Morgan fingerprint density at radius 3 is 1.70 bits per heavy atom. The van der Waals surface area contributed by atoms with Gasteiger partial charge in [0.2, 0.25) is 0 Å². The lowest BCUT2D eigenvalue weighted by Crippen LogP contribution is -2.10. The van der Waals surface area contributed by atoms with Gasteiger partial charge >= 0.3 is 0 Å². The van der Waals surface area contributed by atoms with E-state index >= 15 is 0 Å². The molecular weight excluding hydrogens is 649 g/mol. The predicted octanol–water partition coefficient (Wildman–Crippen LogP) is 13.8. The highest BCUT2D eigenvalue weighted by Gasteiger charge is 2.22. The van der Waals surface area contributed by atoms with E-state index in [1.165, 1.54) is 0 Å². The smallest absolute Gasteiger partial charge is 0.187 e. The summed E-state index contributed by atoms with van der Waals surface area (Å²) in [6.07, 6.45) is 0. The zero-order valence-corrected chi connectivity index (χ0v) is 28.5. The minimum absolute atomic E-state index is 0.597. The summed E-state index contributed by atoms with van der Waals surface area (Å²) >= 11 is 0. The molecule has 0 aliphatic rings. The van der Waals surface area contributed by atoms with Crippen LogP contribution in [0.5, 0.6) is 0 Å². The first kappa shape index (κ1) is 31.4. The standard InChI is InChI=1S/C48H30N4O/c1-50-36-20-26-38(27-21-36)51(37-12-6-3-7-13-37)41-28-29-44-46(30-41)53-47-31-45(42-14-8-9-15-43(42)48(44)47)52(39-22-16-33(32-49)17-23-39)40-24-18-35(19-25-40)34-10-4-2-5-11-34/h2-31H. The van der Waals surface area contributed by atoms with Gasteiger partial charge in [0.1, 0.15) is 11.2 Å². The summed E-state index contributed by atoms with van der Waals surface area (Å²) in [6, 6.07) is 63.8. The van der Waals surface area contributed by atoms with Gasteiger partial charge in [-0.2, -0.15) is 5.26 Å². The summed E-state index contributed by atoms with van der Waals surface area (Å²) in [5.41, 5.74) is 10.8. The van der Waals surface area contributed by atoms with Crippen molar-refractivity contribution in [2.24, 2.45) is 0 Å². The van der Waals surface area contributed by atoms with Crippen LogP contribution in [-0.2, 0) is 0 Å². The van der Waals surface area contributed by atoms with Crippen LogP contribution in [-0.4, -0.2) is 0 Å². The second kappa shape index (κ2) is 13.3. The first-order valence-electron chi connectivity index (χ1n) is 17.3. The number of rotatable bonds is 7. The minimum Gasteiger partial charge on any atom is -0.456 e. The summed E-state index contributed by atoms with van der Waals surface area (Å²) in [4.78, 5) is 8.00. The molecule has 9 rings (SSSR count). The number of hydrogen-bond acceptors (Lipinski definition) is 4. The average Bonchev–Trinajstić information content (AvgIpc) is 3.60. The lowest BCUT2D eigenvalue weighted by atomic mass is 10.00. The van der Waals surface area contributed by atoms with E-state index < -0.39 is 0 Å². The number of benzene rings is 8. The first-order valence-corrected chi connectivity index (χ1v) is 17.3. The predicted molar refractivity (Wildman–Crippen MR) is 217 cm³/mol. The summed E-state index contributed by atoms with van der Waals surface area (Å²) in [5, 5.41) is 13.8. The molecular formula is C48H30N4O. The van der Waals surface area contributed by atoms with Crippen LogP contribution in [0.4, 0.5) is 39.8 Å². The second-order valence-corrected chi connectivity index (χ2v) is 12.8. The van der Waals surface area contributed by atoms with Gasteiger partial charge in [-0.1, -0.05) is 97.1 Å². The number of nitriles is 1. The molecule has 0 radical (unpaired) electrons. The number of anilines is 6. The Balaban J connectivity index is 1.23. The second-order valence-electron chi connectivity index (χ2n) is 12.8. The van der Waals surface area contributed by atoms with Crippen LogP contribution in [0.3, 0.4) is 0 Å². The third kappa shape index (κ3) is 5.69. The maximum absolute atomic E-state index is 9.58. The molecule has 0 spiro atoms. The van der Waals surface area contributed by atoms with Crippen LogP contribution >= 0.6 is 0 Å². The molecule has 0 amide bonds. The van der Waals surface area contributed by atoms with E-state index in [-0.39, 0.29) is 0 Å². The third-order valence-corrected chi connectivity index (χ3v) is 9.68. The summed E-state index contributed by atoms with van der Waals surface area (Å²) < 4.78 is 6.80. The Bertz CT molecular complexity index is 2830. The molecule has 0 saturated carbocycles. The third-order valence-electron chi connectivity index (χ3n) is 9.68. The van der Waals surface area contributed by atoms with Crippen molar-refractivity contribution >= 4 is 72.5 Å². The highest BCUT2D eigenvalue weighted by atomic mass is 16.3. The van der Waals surface area contributed by atoms with Gasteiger partial charge in [0.15, 0.2) is 5.69 Å². The lowest BCUT2D eigenvalue weighted by molar-refractivity contribution is 0.669. The quantitative estimate of drug-likeness (QED) is 0.157. The van der Waals surface area contributed by atoms with Gasteiger partial charge in [0.05, 0.1) is 23.9 Å². The number of furan rings is 1. The molecule has 5 heteroatoms. The van der Waals surface area contributed by atoms with E-state index in [1.54, 1.807) is 0 Å². The minimum atomic E-state index is 0.597. The van der Waals surface area contributed by atoms with E-state index in [9.17, 15) is 5.26 Å². The number of nitrogens with zero attached hydrogens (tertiary/aromatic N) is 4. The van der Waals surface area contributed by atoms with Crippen LogP contribution in [0.2, 0.25) is 0 Å². The molecule has 0 N–H and O–H groups in total. The molecule has 0 saturated heterocycles. The van der Waals surface area contributed by atoms with Crippen LogP contribution in [0.1, 0.15) is 5.56 Å². The summed E-state index contributed by atoms with van der Waals surface area (Å²) in [7, 11) is 0. The molecule has 9 aromatic rings. The Morgan fingerprint density at radius 2 is 1.02 bits per heavy atom. The molecule has 5 nitrogen and oxygen atoms in total. The SMILES string of the molecule is [C-]#[N+]c1ccc(N(c2ccccc2)c2ccc3c(c2)oc2cc(N(c4ccc(C#N)cc4)c4ccc(-c5ccccc5)cc4)c4ccccc4c23)cc1. The highest BCUT2D eigenvalue weighted by molar-refractivity contribution is 6.22. The van der Waals surface area contributed by atoms with E-state index in [0.717, 1.165) is 78.0 Å². The zero-order valence-electron chi connectivity index (χ0n) is 28.5. The molecule has 0 atom stereocenters. The topological polar surface area (TPSA) is 47.8 Å². The van der Waals surface area contributed by atoms with Gasteiger partial charge in [0.25, 0.3) is 0 Å². The van der Waals surface area contributed by atoms with Crippen LogP contribution in [0.15, 0.2) is 186 Å². The fourth-order valence-corrected chi connectivity index (χ4v) is 7.18. The summed E-state index contributed by atoms with van der Waals surface area (Å²) in [6.45, 7) is 7.43. The van der Waals surface area contributed by atoms with Crippen molar-refractivity contribution in [1.29, 1.82) is 5.26 Å². The van der Waals surface area contributed by atoms with Crippen LogP contribution in [0, 0.1) is 17.9 Å². The molecule has 1 aromatic heterocycles. The van der Waals surface area contributed by atoms with Crippen molar-refractivity contribution in [3.05, 3.63) is 199 Å². The van der Waals surface area contributed by atoms with Crippen molar-refractivity contribution in [2.75, 3.05) is 9.80 Å². The maximum Gasteiger partial charge on any atom is 0.187 e. The van der Waals surface area contributed by atoms with Gasteiger partial charge in [-0.25, -0.2) is 4.85 Å². The zero-order chi connectivity index (χ0) is 35.7. The Hall–Kier alpha value is -7.60. The van der Waals surface area contributed by atoms with Crippen molar-refractivity contribution in [2.45, 2.75) is 0 Å². The summed E-state index contributed by atoms with van der Waals surface area (Å²) in [5.74, 6) is 0. The molecule has 0 bridgehead atoms. The van der Waals surface area contributed by atoms with Gasteiger partial charge in [-0.15, -0.1) is 0 Å². The maximum atomic E-state index is 9.58. The van der Waals surface area contributed by atoms with Crippen LogP contribution < -0.4 is 9.80 Å². The molecule has 0 aliphatic carbocycles. The molecule has 0 aliphatic heterocycles. The van der Waals surface area contributed by atoms with Crippen molar-refractivity contribution < 1.29 is 4.42 Å². The average molecular weight is 679 g/mol. The van der Waals surface area contributed by atoms with Gasteiger partial charge in [-0.05, 0) is 89.3 Å². The van der Waals surface area contributed by atoms with Gasteiger partial charge < -0.3 is 14.2 Å². The Kier molecular flexibility index (Phi) is 7.86. The molecule has 0 unspecified atom stereocenters. The number of hydrogen-bond donors (Lipinski definition) is 0. The number of para-hydroxylation sites is 1. The number of fused-ring (bicyclic) bond motifs is 5. The fourth-order valence-electron chi connectivity index (χ4n) is 7.18. The van der Waals surface area contributed by atoms with E-state index in [2.05, 4.69) is 130 Å². The van der Waals surface area contributed by atoms with Crippen molar-refractivity contribution in [3.8, 4) is 17.2 Å². The largest absolute Gasteiger partial charge is 0.456 e. The highest BCUT2D eigenvalue weighted by Crippen LogP contribution is 2.46. The normalized spacial score (nSPS) is 11.0. The van der Waals surface area contributed by atoms with E-state index in [4.69, 9.17) is 11.0 Å². The van der Waals surface area contributed by atoms with Gasteiger partial charge in [-0.3, -0.25) is 0 Å². The van der Waals surface area contributed by atoms with Crippen molar-refractivity contribution in [3.63, 3.8) is 0 Å². The lowest BCUT2D eigenvalue weighted by Gasteiger charge is -2.27. The van der Waals surface area contributed by atoms with E-state index in [0.29, 0.717) is 11.3 Å². The Labute approximate surface area is 307 Å². The van der Waals surface area contributed by atoms with Gasteiger partial charge in [0, 0.05) is 56.7 Å². The fraction of sp³-hybridized carbons (Fsp3) is 0. The molecule has 8 aromatic carbocycles. The monoisotopic (exact) mass is 678 g/mol. The van der Waals surface area contributed by atoms with E-state index in [1.807, 2.05) is 72.8 Å². The molecule has 0 fully saturated rings. The van der Waals surface area contributed by atoms with Crippen molar-refractivity contribution in [1.82, 2.24) is 0 Å². The molecule has 1 heterocycles. The first-order chi connectivity index (χ1) is 26.2. The van der Waals surface area contributed by atoms with Crippen LogP contribution in [0.25, 0.3) is 48.7 Å². The molecule has 248 valence electrons. The Morgan fingerprint density at radius 1 is 0.472 bits per heavy atom.